The predicted octanol–water partition coefficient (Wildman–Crippen LogP) is -3.02. The maximum Gasteiger partial charge on any atom is 0.305 e. The molecule has 0 saturated carbocycles. The van der Waals surface area contributed by atoms with E-state index >= 15 is 0 Å². The zero-order valence-corrected chi connectivity index (χ0v) is 17.0. The molecule has 0 heterocycles. The van der Waals surface area contributed by atoms with Crippen molar-refractivity contribution in [3.63, 3.8) is 0 Å². The van der Waals surface area contributed by atoms with Crippen LogP contribution < -0.4 is 22.1 Å². The first-order valence-corrected chi connectivity index (χ1v) is 9.04. The topological polar surface area (TPSA) is 236 Å². The summed E-state index contributed by atoms with van der Waals surface area (Å²) >= 11 is 0. The van der Waals surface area contributed by atoms with Gasteiger partial charge in [-0.05, 0) is 13.8 Å². The molecule has 0 aromatic rings. The number of nitrogens with one attached hydrogen (secondary N) is 2. The van der Waals surface area contributed by atoms with Crippen molar-refractivity contribution in [1.29, 1.82) is 0 Å². The van der Waals surface area contributed by atoms with Crippen molar-refractivity contribution in [2.24, 2.45) is 11.5 Å². The average molecular weight is 466 g/mol. The number of halogens is 2. The van der Waals surface area contributed by atoms with Crippen molar-refractivity contribution < 1.29 is 52.6 Å². The van der Waals surface area contributed by atoms with E-state index in [-0.39, 0.29) is 0 Å². The van der Waals surface area contributed by atoms with Gasteiger partial charge >= 0.3 is 11.9 Å². The summed E-state index contributed by atoms with van der Waals surface area (Å²) in [7, 11) is 0. The number of ketones is 3. The van der Waals surface area contributed by atoms with E-state index in [4.69, 9.17) is 21.7 Å². The van der Waals surface area contributed by atoms with Gasteiger partial charge < -0.3 is 32.3 Å². The fraction of sp³-hybridized carbons (Fsp3) is 0.588. The first kappa shape index (κ1) is 28.7. The molecule has 180 valence electrons. The van der Waals surface area contributed by atoms with Gasteiger partial charge in [0.25, 0.3) is 0 Å². The molecule has 8 N–H and O–H groups in total. The third-order valence-electron chi connectivity index (χ3n) is 3.90. The molecule has 6 atom stereocenters. The summed E-state index contributed by atoms with van der Waals surface area (Å²) in [5, 5.41) is 21.2. The number of carbonyl (C=O) groups is 7. The van der Waals surface area contributed by atoms with Gasteiger partial charge in [-0.15, -0.1) is 0 Å². The maximum atomic E-state index is 14.4. The fourth-order valence-corrected chi connectivity index (χ4v) is 2.16. The van der Waals surface area contributed by atoms with Crippen molar-refractivity contribution in [3.8, 4) is 0 Å². The monoisotopic (exact) mass is 466 g/mol. The number of nitrogens with two attached hydrogens (primary N) is 2. The molecule has 2 amide bonds. The average Bonchev–Trinajstić information content (AvgIpc) is 2.68. The molecule has 15 heteroatoms. The van der Waals surface area contributed by atoms with Crippen molar-refractivity contribution in [2.45, 2.75) is 63.2 Å². The van der Waals surface area contributed by atoms with Crippen LogP contribution >= 0.6 is 0 Å². The molecular formula is C17H24F2N4O9. The van der Waals surface area contributed by atoms with Crippen LogP contribution in [0.25, 0.3) is 0 Å². The third kappa shape index (κ3) is 8.81. The highest BCUT2D eigenvalue weighted by atomic mass is 19.1. The van der Waals surface area contributed by atoms with Gasteiger partial charge in [0.2, 0.25) is 29.9 Å². The minimum atomic E-state index is -3.39. The Morgan fingerprint density at radius 3 is 1.19 bits per heavy atom. The van der Waals surface area contributed by atoms with Crippen LogP contribution in [-0.2, 0) is 33.6 Å². The summed E-state index contributed by atoms with van der Waals surface area (Å²) in [6.07, 6.45) is -9.13. The largest absolute Gasteiger partial charge is 0.481 e. The number of carboxylic acids is 2. The van der Waals surface area contributed by atoms with Crippen LogP contribution in [0.4, 0.5) is 8.78 Å². The quantitative estimate of drug-likeness (QED) is 0.141. The molecule has 0 aromatic carbocycles. The molecular weight excluding hydrogens is 442 g/mol. The Bertz CT molecular complexity index is 726. The lowest BCUT2D eigenvalue weighted by Gasteiger charge is -2.21. The number of amides is 2. The smallest absolute Gasteiger partial charge is 0.305 e. The standard InChI is InChI=1S/C17H24F2N4O9/c1-5(20)16(31)22-7(3-9(24)25)13(28)11(18)15(30)12(19)14(29)8(4-10(26)27)23-17(32)6(2)21/h5-8,11-12H,3-4,20-21H2,1-2H3,(H,22,31)(H,23,32)(H,24,25)(H,26,27)/t5-,6-,7-,8-,11?,12?/m0/s1. The summed E-state index contributed by atoms with van der Waals surface area (Å²) in [6, 6.07) is -6.71. The molecule has 2 unspecified atom stereocenters. The summed E-state index contributed by atoms with van der Waals surface area (Å²) < 4.78 is 28.8. The number of Topliss-reactive ketones (excluding diaryl/α,β-unsaturated/α-hetero) is 3. The van der Waals surface area contributed by atoms with Crippen molar-refractivity contribution in [1.82, 2.24) is 10.6 Å². The van der Waals surface area contributed by atoms with Gasteiger partial charge in [0.1, 0.15) is 12.1 Å². The van der Waals surface area contributed by atoms with Gasteiger partial charge in [0.05, 0.1) is 24.9 Å². The number of carboxylic acid groups (broad SMARTS) is 2. The fourth-order valence-electron chi connectivity index (χ4n) is 2.16. The van der Waals surface area contributed by atoms with E-state index in [1.807, 2.05) is 0 Å². The Balaban J connectivity index is 5.61. The van der Waals surface area contributed by atoms with Gasteiger partial charge in [-0.25, -0.2) is 8.78 Å². The number of aliphatic carboxylic acids is 2. The maximum absolute atomic E-state index is 14.4. The Kier molecular flexibility index (Phi) is 11.2. The number of carbonyl (C=O) groups excluding carboxylic acids is 5. The van der Waals surface area contributed by atoms with E-state index in [2.05, 4.69) is 0 Å². The van der Waals surface area contributed by atoms with E-state index in [1.165, 1.54) is 0 Å². The van der Waals surface area contributed by atoms with Crippen LogP contribution in [0.15, 0.2) is 0 Å². The molecule has 0 fully saturated rings. The molecule has 0 spiro atoms. The second-order valence-electron chi connectivity index (χ2n) is 6.83. The van der Waals surface area contributed by atoms with Crippen LogP contribution in [0.3, 0.4) is 0 Å². The Morgan fingerprint density at radius 2 is 0.969 bits per heavy atom. The molecule has 0 aliphatic carbocycles. The lowest BCUT2D eigenvalue weighted by Crippen LogP contribution is -2.54. The molecule has 0 aliphatic heterocycles. The molecule has 0 rings (SSSR count). The molecule has 0 radical (unpaired) electrons. The van der Waals surface area contributed by atoms with Gasteiger partial charge in [0.15, 0.2) is 11.6 Å². The van der Waals surface area contributed by atoms with E-state index in [9.17, 15) is 42.3 Å². The van der Waals surface area contributed by atoms with Gasteiger partial charge in [-0.3, -0.25) is 33.6 Å². The van der Waals surface area contributed by atoms with Crippen molar-refractivity contribution in [3.05, 3.63) is 0 Å². The van der Waals surface area contributed by atoms with Crippen LogP contribution in [-0.4, -0.2) is 87.8 Å². The zero-order chi connectivity index (χ0) is 25.3. The zero-order valence-electron chi connectivity index (χ0n) is 17.0. The Morgan fingerprint density at radius 1 is 0.688 bits per heavy atom. The first-order chi connectivity index (χ1) is 14.6. The summed E-state index contributed by atoms with van der Waals surface area (Å²) in [6.45, 7) is 2.32. The molecule has 0 bridgehead atoms. The van der Waals surface area contributed by atoms with Gasteiger partial charge in [-0.1, -0.05) is 0 Å². The Labute approximate surface area is 179 Å². The van der Waals surface area contributed by atoms with Crippen LogP contribution in [0.5, 0.6) is 0 Å². The number of rotatable bonds is 14. The highest BCUT2D eigenvalue weighted by Gasteiger charge is 2.43. The second-order valence-corrected chi connectivity index (χ2v) is 6.83. The molecule has 0 aliphatic rings. The van der Waals surface area contributed by atoms with Gasteiger partial charge in [-0.2, -0.15) is 0 Å². The first-order valence-electron chi connectivity index (χ1n) is 9.04. The molecule has 32 heavy (non-hydrogen) atoms. The third-order valence-corrected chi connectivity index (χ3v) is 3.90. The van der Waals surface area contributed by atoms with E-state index in [0.717, 1.165) is 13.8 Å². The van der Waals surface area contributed by atoms with Crippen molar-refractivity contribution in [2.75, 3.05) is 0 Å². The number of hydrogen-bond donors (Lipinski definition) is 6. The minimum Gasteiger partial charge on any atom is -0.481 e. The predicted molar refractivity (Wildman–Crippen MR) is 100 cm³/mol. The highest BCUT2D eigenvalue weighted by molar-refractivity contribution is 6.18. The van der Waals surface area contributed by atoms with E-state index in [1.54, 1.807) is 10.6 Å². The number of hydrogen-bond acceptors (Lipinski definition) is 9. The second kappa shape index (κ2) is 12.5. The summed E-state index contributed by atoms with van der Waals surface area (Å²) in [5.74, 6) is -11.5. The molecule has 0 aromatic heterocycles. The van der Waals surface area contributed by atoms with Crippen LogP contribution in [0, 0.1) is 0 Å². The van der Waals surface area contributed by atoms with Crippen LogP contribution in [0.2, 0.25) is 0 Å². The Hall–Kier alpha value is -3.33. The number of alkyl halides is 2. The van der Waals surface area contributed by atoms with E-state index in [0.29, 0.717) is 0 Å². The van der Waals surface area contributed by atoms with Gasteiger partial charge in [0, 0.05) is 0 Å². The van der Waals surface area contributed by atoms with Crippen molar-refractivity contribution >= 4 is 41.1 Å². The lowest BCUT2D eigenvalue weighted by atomic mass is 9.95. The summed E-state index contributed by atoms with van der Waals surface area (Å²) in [5.41, 5.74) is 10.5. The van der Waals surface area contributed by atoms with E-state index < -0.39 is 90.5 Å². The SMILES string of the molecule is C[C@H](N)C(=O)N[C@@H](CC(=O)O)C(=O)C(F)C(=O)C(F)C(=O)[C@H](CC(=O)O)NC(=O)[C@H](C)N. The molecule has 13 nitrogen and oxygen atoms in total. The molecule has 0 saturated heterocycles. The highest BCUT2D eigenvalue weighted by Crippen LogP contribution is 2.12. The normalized spacial score (nSPS) is 16.4. The minimum absolute atomic E-state index is 1.07. The van der Waals surface area contributed by atoms with Crippen LogP contribution in [0.1, 0.15) is 26.7 Å². The lowest BCUT2D eigenvalue weighted by molar-refractivity contribution is -0.148. The summed E-state index contributed by atoms with van der Waals surface area (Å²) in [4.78, 5) is 81.2.